The molecule has 1 aromatic rings. The molecule has 0 aliphatic heterocycles. The van der Waals surface area contributed by atoms with Crippen LogP contribution in [-0.2, 0) is 11.2 Å². The monoisotopic (exact) mass is 259 g/mol. The molecule has 2 N–H and O–H groups in total. The number of carbonyl (C=O) groups is 1. The van der Waals surface area contributed by atoms with Crippen LogP contribution in [0.15, 0.2) is 24.3 Å². The number of aliphatic hydroxyl groups is 1. The average molecular weight is 259 g/mol. The largest absolute Gasteiger partial charge is 0.435 e. The Bertz CT molecular complexity index is 397. The number of benzene rings is 1. The van der Waals surface area contributed by atoms with Gasteiger partial charge in [0.1, 0.15) is 5.75 Å². The third-order valence-corrected chi connectivity index (χ3v) is 2.08. The van der Waals surface area contributed by atoms with Gasteiger partial charge in [0.2, 0.25) is 5.91 Å². The highest BCUT2D eigenvalue weighted by Crippen LogP contribution is 2.16. The van der Waals surface area contributed by atoms with Gasteiger partial charge in [-0.05, 0) is 24.6 Å². The first-order valence-electron chi connectivity index (χ1n) is 5.46. The third-order valence-electron chi connectivity index (χ3n) is 2.08. The third kappa shape index (κ3) is 5.58. The van der Waals surface area contributed by atoms with Crippen molar-refractivity contribution in [1.29, 1.82) is 0 Å². The van der Waals surface area contributed by atoms with Gasteiger partial charge >= 0.3 is 6.61 Å². The Morgan fingerprint density at radius 2 is 2.22 bits per heavy atom. The van der Waals surface area contributed by atoms with Crippen LogP contribution in [0.5, 0.6) is 5.75 Å². The molecule has 0 fully saturated rings. The summed E-state index contributed by atoms with van der Waals surface area (Å²) >= 11 is 0. The second-order valence-corrected chi connectivity index (χ2v) is 3.86. The van der Waals surface area contributed by atoms with E-state index in [1.54, 1.807) is 13.0 Å². The smallest absolute Gasteiger partial charge is 0.387 e. The molecule has 1 rings (SSSR count). The topological polar surface area (TPSA) is 58.6 Å². The first-order chi connectivity index (χ1) is 8.47. The van der Waals surface area contributed by atoms with E-state index in [1.165, 1.54) is 18.2 Å². The second-order valence-electron chi connectivity index (χ2n) is 3.86. The summed E-state index contributed by atoms with van der Waals surface area (Å²) in [5.74, 6) is -0.268. The van der Waals surface area contributed by atoms with E-state index < -0.39 is 12.7 Å². The van der Waals surface area contributed by atoms with Crippen LogP contribution >= 0.6 is 0 Å². The Balaban J connectivity index is 2.53. The molecular weight excluding hydrogens is 244 g/mol. The molecule has 0 saturated carbocycles. The predicted octanol–water partition coefficient (Wildman–Crippen LogP) is 1.33. The fourth-order valence-corrected chi connectivity index (χ4v) is 1.34. The Kier molecular flexibility index (Phi) is 5.51. The lowest BCUT2D eigenvalue weighted by Gasteiger charge is -2.08. The van der Waals surface area contributed by atoms with Gasteiger partial charge in [-0.15, -0.1) is 0 Å². The Labute approximate surface area is 104 Å². The van der Waals surface area contributed by atoms with Crippen LogP contribution in [0.25, 0.3) is 0 Å². The Morgan fingerprint density at radius 1 is 1.50 bits per heavy atom. The molecule has 1 aromatic carbocycles. The number of hydrogen-bond acceptors (Lipinski definition) is 3. The molecule has 100 valence electrons. The van der Waals surface area contributed by atoms with Gasteiger partial charge in [0.05, 0.1) is 12.5 Å². The molecule has 18 heavy (non-hydrogen) atoms. The van der Waals surface area contributed by atoms with Crippen molar-refractivity contribution >= 4 is 5.91 Å². The fraction of sp³-hybridized carbons (Fsp3) is 0.417. The van der Waals surface area contributed by atoms with Crippen LogP contribution in [0.3, 0.4) is 0 Å². The summed E-state index contributed by atoms with van der Waals surface area (Å²) in [7, 11) is 0. The number of hydrogen-bond donors (Lipinski definition) is 2. The van der Waals surface area contributed by atoms with Crippen LogP contribution in [0.4, 0.5) is 8.78 Å². The molecule has 1 atom stereocenters. The molecule has 0 saturated heterocycles. The molecule has 0 aliphatic rings. The summed E-state index contributed by atoms with van der Waals surface area (Å²) in [5.41, 5.74) is 0.566. The van der Waals surface area contributed by atoms with Gasteiger partial charge in [-0.1, -0.05) is 12.1 Å². The zero-order chi connectivity index (χ0) is 13.5. The van der Waals surface area contributed by atoms with Gasteiger partial charge in [-0.25, -0.2) is 0 Å². The number of carbonyl (C=O) groups excluding carboxylic acids is 1. The summed E-state index contributed by atoms with van der Waals surface area (Å²) in [6.07, 6.45) is -0.574. The van der Waals surface area contributed by atoms with Gasteiger partial charge in [0.15, 0.2) is 0 Å². The van der Waals surface area contributed by atoms with Gasteiger partial charge in [0.25, 0.3) is 0 Å². The quantitative estimate of drug-likeness (QED) is 0.810. The minimum absolute atomic E-state index is 0.0193. The highest BCUT2D eigenvalue weighted by Gasteiger charge is 2.08. The molecular formula is C12H15F2NO3. The van der Waals surface area contributed by atoms with E-state index in [0.29, 0.717) is 5.56 Å². The molecule has 0 aliphatic carbocycles. The summed E-state index contributed by atoms with van der Waals surface area (Å²) in [5, 5.41) is 11.5. The normalized spacial score (nSPS) is 12.3. The Morgan fingerprint density at radius 3 is 2.83 bits per heavy atom. The first kappa shape index (κ1) is 14.4. The van der Waals surface area contributed by atoms with Crippen molar-refractivity contribution in [1.82, 2.24) is 5.32 Å². The van der Waals surface area contributed by atoms with E-state index in [0.717, 1.165) is 0 Å². The van der Waals surface area contributed by atoms with Crippen molar-refractivity contribution < 1.29 is 23.4 Å². The lowest BCUT2D eigenvalue weighted by atomic mass is 10.1. The van der Waals surface area contributed by atoms with E-state index >= 15 is 0 Å². The van der Waals surface area contributed by atoms with Crippen molar-refractivity contribution in [2.24, 2.45) is 0 Å². The zero-order valence-electron chi connectivity index (χ0n) is 9.90. The molecule has 0 bridgehead atoms. The average Bonchev–Trinajstić information content (AvgIpc) is 2.26. The highest BCUT2D eigenvalue weighted by molar-refractivity contribution is 5.78. The molecule has 0 aromatic heterocycles. The van der Waals surface area contributed by atoms with Crippen molar-refractivity contribution in [3.8, 4) is 5.75 Å². The fourth-order valence-electron chi connectivity index (χ4n) is 1.34. The van der Waals surface area contributed by atoms with Crippen LogP contribution in [0.1, 0.15) is 12.5 Å². The highest BCUT2D eigenvalue weighted by atomic mass is 19.3. The SMILES string of the molecule is CC(O)CNC(=O)Cc1cccc(OC(F)F)c1. The molecule has 6 heteroatoms. The summed E-state index contributed by atoms with van der Waals surface area (Å²) in [6, 6.07) is 5.95. The van der Waals surface area contributed by atoms with Crippen LogP contribution < -0.4 is 10.1 Å². The Hall–Kier alpha value is -1.69. The minimum Gasteiger partial charge on any atom is -0.435 e. The van der Waals surface area contributed by atoms with E-state index in [1.807, 2.05) is 0 Å². The number of halogens is 2. The lowest BCUT2D eigenvalue weighted by Crippen LogP contribution is -2.31. The number of amides is 1. The maximum absolute atomic E-state index is 12.0. The molecule has 1 unspecified atom stereocenters. The number of rotatable bonds is 6. The van der Waals surface area contributed by atoms with Crippen molar-refractivity contribution in [2.45, 2.75) is 26.1 Å². The van der Waals surface area contributed by atoms with Crippen molar-refractivity contribution in [3.05, 3.63) is 29.8 Å². The van der Waals surface area contributed by atoms with Crippen LogP contribution in [0.2, 0.25) is 0 Å². The van der Waals surface area contributed by atoms with Gasteiger partial charge < -0.3 is 15.2 Å². The van der Waals surface area contributed by atoms with E-state index in [2.05, 4.69) is 10.1 Å². The summed E-state index contributed by atoms with van der Waals surface area (Å²) in [6.45, 7) is -1.17. The molecule has 4 nitrogen and oxygen atoms in total. The van der Waals surface area contributed by atoms with Gasteiger partial charge in [0, 0.05) is 6.54 Å². The van der Waals surface area contributed by atoms with Gasteiger partial charge in [-0.3, -0.25) is 4.79 Å². The maximum atomic E-state index is 12.0. The summed E-state index contributed by atoms with van der Waals surface area (Å²) < 4.78 is 28.2. The molecule has 0 spiro atoms. The van der Waals surface area contributed by atoms with E-state index in [4.69, 9.17) is 5.11 Å². The van der Waals surface area contributed by atoms with Crippen LogP contribution in [-0.4, -0.2) is 30.3 Å². The van der Waals surface area contributed by atoms with Gasteiger partial charge in [-0.2, -0.15) is 8.78 Å². The second kappa shape index (κ2) is 6.90. The number of nitrogens with one attached hydrogen (secondary N) is 1. The first-order valence-corrected chi connectivity index (χ1v) is 5.46. The predicted molar refractivity (Wildman–Crippen MR) is 61.5 cm³/mol. The summed E-state index contributed by atoms with van der Waals surface area (Å²) in [4.78, 5) is 11.4. The number of alkyl halides is 2. The minimum atomic E-state index is -2.88. The van der Waals surface area contributed by atoms with Crippen molar-refractivity contribution in [3.63, 3.8) is 0 Å². The molecule has 0 radical (unpaired) electrons. The maximum Gasteiger partial charge on any atom is 0.387 e. The molecule has 1 amide bonds. The number of ether oxygens (including phenoxy) is 1. The van der Waals surface area contributed by atoms with E-state index in [-0.39, 0.29) is 24.6 Å². The molecule has 0 heterocycles. The van der Waals surface area contributed by atoms with Crippen molar-refractivity contribution in [2.75, 3.05) is 6.54 Å². The number of aliphatic hydroxyl groups excluding tert-OH is 1. The van der Waals surface area contributed by atoms with E-state index in [9.17, 15) is 13.6 Å². The van der Waals surface area contributed by atoms with Crippen LogP contribution in [0, 0.1) is 0 Å². The zero-order valence-corrected chi connectivity index (χ0v) is 9.90. The standard InChI is InChI=1S/C12H15F2NO3/c1-8(16)7-15-11(17)6-9-3-2-4-10(5-9)18-12(13)14/h2-5,8,12,16H,6-7H2,1H3,(H,15,17). The lowest BCUT2D eigenvalue weighted by molar-refractivity contribution is -0.120.